The molecule has 0 amide bonds. The van der Waals surface area contributed by atoms with Crippen molar-refractivity contribution < 1.29 is 8.83 Å². The zero-order valence-electron chi connectivity index (χ0n) is 16.6. The van der Waals surface area contributed by atoms with Gasteiger partial charge in [0.1, 0.15) is 28.9 Å². The Morgan fingerprint density at radius 1 is 0.793 bits per heavy atom. The summed E-state index contributed by atoms with van der Waals surface area (Å²) >= 11 is 0. The van der Waals surface area contributed by atoms with E-state index in [1.54, 1.807) is 6.21 Å². The Hall–Kier alpha value is -3.84. The molecule has 0 aliphatic carbocycles. The third-order valence-electron chi connectivity index (χ3n) is 4.73. The minimum Gasteiger partial charge on any atom is -0.460 e. The Morgan fingerprint density at radius 3 is 1.97 bits per heavy atom. The third-order valence-corrected chi connectivity index (χ3v) is 4.73. The van der Waals surface area contributed by atoms with Crippen molar-refractivity contribution in [2.24, 2.45) is 4.99 Å². The van der Waals surface area contributed by atoms with Gasteiger partial charge in [-0.05, 0) is 38.5 Å². The largest absolute Gasteiger partial charge is 0.460 e. The molecule has 0 N–H and O–H groups in total. The normalized spacial score (nSPS) is 11.1. The molecule has 4 heteroatoms. The maximum Gasteiger partial charge on any atom is 0.238 e. The number of rotatable bonds is 4. The lowest BCUT2D eigenvalue weighted by Gasteiger charge is -2.05. The van der Waals surface area contributed by atoms with Gasteiger partial charge in [0.05, 0.1) is 6.21 Å². The first-order chi connectivity index (χ1) is 14.0. The van der Waals surface area contributed by atoms with Crippen LogP contribution in [-0.4, -0.2) is 6.21 Å². The third kappa shape index (κ3) is 3.76. The first-order valence-corrected chi connectivity index (χ1v) is 9.36. The second-order valence-electron chi connectivity index (χ2n) is 7.04. The monoisotopic (exact) mass is 380 g/mol. The summed E-state index contributed by atoms with van der Waals surface area (Å²) in [6.07, 6.45) is 1.57. The van der Waals surface area contributed by atoms with E-state index >= 15 is 0 Å². The van der Waals surface area contributed by atoms with Gasteiger partial charge in [-0.2, -0.15) is 5.26 Å². The van der Waals surface area contributed by atoms with E-state index in [0.717, 1.165) is 33.6 Å². The van der Waals surface area contributed by atoms with E-state index in [0.29, 0.717) is 17.1 Å². The molecule has 0 spiro atoms. The molecule has 4 rings (SSSR count). The Kier molecular flexibility index (Phi) is 4.88. The summed E-state index contributed by atoms with van der Waals surface area (Å²) in [4.78, 5) is 4.42. The Balaban J connectivity index is 1.89. The second kappa shape index (κ2) is 7.65. The van der Waals surface area contributed by atoms with Gasteiger partial charge in [-0.1, -0.05) is 59.7 Å². The number of benzene rings is 2. The highest BCUT2D eigenvalue weighted by atomic mass is 16.4. The molecule has 4 aromatic rings. The Bertz CT molecular complexity index is 1220. The van der Waals surface area contributed by atoms with Crippen LogP contribution in [0.3, 0.4) is 0 Å². The first-order valence-electron chi connectivity index (χ1n) is 9.36. The molecule has 0 saturated carbocycles. The van der Waals surface area contributed by atoms with Crippen LogP contribution in [0.4, 0.5) is 5.88 Å². The zero-order valence-corrected chi connectivity index (χ0v) is 16.6. The van der Waals surface area contributed by atoms with Crippen LogP contribution in [0, 0.1) is 32.1 Å². The van der Waals surface area contributed by atoms with Gasteiger partial charge in [0.25, 0.3) is 0 Å². The highest BCUT2D eigenvalue weighted by molar-refractivity contribution is 5.89. The number of aliphatic imine (C=N–C) groups is 1. The summed E-state index contributed by atoms with van der Waals surface area (Å²) in [7, 11) is 0. The second-order valence-corrected chi connectivity index (χ2v) is 7.04. The molecular formula is C25H20N2O2. The van der Waals surface area contributed by atoms with Crippen LogP contribution in [-0.2, 0) is 0 Å². The van der Waals surface area contributed by atoms with Gasteiger partial charge in [-0.25, -0.2) is 4.99 Å². The minimum absolute atomic E-state index is 0.271. The lowest BCUT2D eigenvalue weighted by molar-refractivity contribution is 0.527. The van der Waals surface area contributed by atoms with Crippen LogP contribution in [0.25, 0.3) is 22.5 Å². The molecule has 142 valence electrons. The zero-order chi connectivity index (χ0) is 20.4. The van der Waals surface area contributed by atoms with Crippen molar-refractivity contribution in [3.63, 3.8) is 0 Å². The van der Waals surface area contributed by atoms with Crippen LogP contribution in [0.5, 0.6) is 0 Å². The molecule has 0 unspecified atom stereocenters. The van der Waals surface area contributed by atoms with Crippen LogP contribution in [0.2, 0.25) is 0 Å². The van der Waals surface area contributed by atoms with Crippen LogP contribution in [0.1, 0.15) is 28.2 Å². The summed E-state index contributed by atoms with van der Waals surface area (Å²) in [6.45, 7) is 5.94. The average molecular weight is 380 g/mol. The molecule has 0 bridgehead atoms. The van der Waals surface area contributed by atoms with E-state index in [2.05, 4.69) is 11.1 Å². The summed E-state index contributed by atoms with van der Waals surface area (Å²) < 4.78 is 11.7. The number of furan rings is 2. The van der Waals surface area contributed by atoms with Crippen molar-refractivity contribution in [3.8, 4) is 28.5 Å². The van der Waals surface area contributed by atoms with E-state index in [1.807, 2.05) is 81.4 Å². The molecule has 2 aromatic heterocycles. The fourth-order valence-corrected chi connectivity index (χ4v) is 3.16. The highest BCUT2D eigenvalue weighted by Crippen LogP contribution is 2.42. The van der Waals surface area contributed by atoms with Crippen molar-refractivity contribution in [2.75, 3.05) is 0 Å². The van der Waals surface area contributed by atoms with E-state index in [4.69, 9.17) is 8.83 Å². The molecule has 0 radical (unpaired) electrons. The number of aryl methyl sites for hydroxylation is 3. The molecule has 0 saturated heterocycles. The summed E-state index contributed by atoms with van der Waals surface area (Å²) in [5.41, 5.74) is 5.28. The molecule has 4 nitrogen and oxygen atoms in total. The van der Waals surface area contributed by atoms with Crippen molar-refractivity contribution in [1.82, 2.24) is 0 Å². The van der Waals surface area contributed by atoms with Gasteiger partial charge in [-0.15, -0.1) is 0 Å². The number of hydrogen-bond donors (Lipinski definition) is 0. The van der Waals surface area contributed by atoms with Crippen LogP contribution in [0.15, 0.2) is 74.5 Å². The van der Waals surface area contributed by atoms with Crippen LogP contribution >= 0.6 is 0 Å². The van der Waals surface area contributed by atoms with Gasteiger partial charge in [0, 0.05) is 11.1 Å². The number of nitriles is 1. The molecule has 0 aliphatic heterocycles. The van der Waals surface area contributed by atoms with Crippen molar-refractivity contribution in [1.29, 1.82) is 5.26 Å². The molecule has 0 aliphatic rings. The van der Waals surface area contributed by atoms with Crippen molar-refractivity contribution in [3.05, 3.63) is 88.9 Å². The highest BCUT2D eigenvalue weighted by Gasteiger charge is 2.22. The summed E-state index contributed by atoms with van der Waals surface area (Å²) in [5, 5.41) is 9.91. The topological polar surface area (TPSA) is 62.4 Å². The summed E-state index contributed by atoms with van der Waals surface area (Å²) in [6, 6.07) is 22.1. The lowest BCUT2D eigenvalue weighted by atomic mass is 9.97. The fraction of sp³-hybridized carbons (Fsp3) is 0.120. The number of nitrogens with zero attached hydrogens (tertiary/aromatic N) is 2. The molecule has 2 aromatic carbocycles. The standard InChI is InChI=1S/C25H20N2O2/c1-16-4-9-19(10-5-16)23-22(14-26)25(27-15-21-13-8-18(3)28-21)29-24(23)20-11-6-17(2)7-12-20/h4-13,15H,1-3H3. The van der Waals surface area contributed by atoms with Gasteiger partial charge < -0.3 is 8.83 Å². The molecule has 0 atom stereocenters. The van der Waals surface area contributed by atoms with Gasteiger partial charge >= 0.3 is 0 Å². The van der Waals surface area contributed by atoms with Crippen molar-refractivity contribution in [2.45, 2.75) is 20.8 Å². The van der Waals surface area contributed by atoms with Gasteiger partial charge in [0.2, 0.25) is 5.88 Å². The first kappa shape index (κ1) is 18.5. The lowest BCUT2D eigenvalue weighted by Crippen LogP contribution is -1.85. The number of hydrogen-bond acceptors (Lipinski definition) is 4. The molecule has 29 heavy (non-hydrogen) atoms. The van der Waals surface area contributed by atoms with Crippen molar-refractivity contribution >= 4 is 12.1 Å². The smallest absolute Gasteiger partial charge is 0.238 e. The fourth-order valence-electron chi connectivity index (χ4n) is 3.16. The minimum atomic E-state index is 0.271. The predicted molar refractivity (Wildman–Crippen MR) is 114 cm³/mol. The molecule has 2 heterocycles. The van der Waals surface area contributed by atoms with Gasteiger partial charge in [0.15, 0.2) is 0 Å². The quantitative estimate of drug-likeness (QED) is 0.368. The SMILES string of the molecule is Cc1ccc(-c2oc(N=Cc3ccc(C)o3)c(C#N)c2-c2ccc(C)cc2)cc1. The summed E-state index contributed by atoms with van der Waals surface area (Å²) in [5.74, 6) is 2.31. The average Bonchev–Trinajstić information content (AvgIpc) is 3.30. The van der Waals surface area contributed by atoms with E-state index in [-0.39, 0.29) is 5.88 Å². The van der Waals surface area contributed by atoms with Gasteiger partial charge in [-0.3, -0.25) is 0 Å². The van der Waals surface area contributed by atoms with E-state index in [9.17, 15) is 5.26 Å². The predicted octanol–water partition coefficient (Wildman–Crippen LogP) is 6.75. The van der Waals surface area contributed by atoms with E-state index in [1.165, 1.54) is 0 Å². The maximum absolute atomic E-state index is 9.91. The van der Waals surface area contributed by atoms with Crippen LogP contribution < -0.4 is 0 Å². The maximum atomic E-state index is 9.91. The molecular weight excluding hydrogens is 360 g/mol. The Morgan fingerprint density at radius 2 is 1.41 bits per heavy atom. The van der Waals surface area contributed by atoms with E-state index < -0.39 is 0 Å². The Labute approximate surface area is 169 Å². The molecule has 0 fully saturated rings.